The number of rotatable bonds is 4. The summed E-state index contributed by atoms with van der Waals surface area (Å²) < 4.78 is 26.4. The molecule has 8 heteroatoms. The van der Waals surface area contributed by atoms with Gasteiger partial charge in [0.05, 0.1) is 11.6 Å². The van der Waals surface area contributed by atoms with Gasteiger partial charge in [-0.05, 0) is 43.3 Å². The fourth-order valence-electron chi connectivity index (χ4n) is 2.29. The Hall–Kier alpha value is -3.86. The number of carbonyl (C=O) groups is 1. The number of carbonyl (C=O) groups excluding carboxylic acids is 1. The van der Waals surface area contributed by atoms with Crippen LogP contribution in [0.5, 0.6) is 0 Å². The molecule has 134 valence electrons. The third-order valence-electron chi connectivity index (χ3n) is 3.53. The Morgan fingerprint density at radius 2 is 1.70 bits per heavy atom. The summed E-state index contributed by atoms with van der Waals surface area (Å²) in [5.41, 5.74) is 1.36. The number of hydrogen-bond donors (Lipinski definition) is 2. The summed E-state index contributed by atoms with van der Waals surface area (Å²) in [6.07, 6.45) is 0. The van der Waals surface area contributed by atoms with Crippen LogP contribution >= 0.6 is 0 Å². The average Bonchev–Trinajstić information content (AvgIpc) is 2.65. The summed E-state index contributed by atoms with van der Waals surface area (Å²) in [7, 11) is 0. The molecule has 6 nitrogen and oxygen atoms in total. The molecular formula is C19H13F2N5O. The van der Waals surface area contributed by atoms with Crippen molar-refractivity contribution in [2.24, 2.45) is 0 Å². The number of nitriles is 1. The number of nitrogens with one attached hydrogen (secondary N) is 2. The van der Waals surface area contributed by atoms with Crippen molar-refractivity contribution < 1.29 is 13.6 Å². The second kappa shape index (κ2) is 7.58. The maximum absolute atomic E-state index is 13.3. The molecule has 0 atom stereocenters. The molecule has 27 heavy (non-hydrogen) atoms. The van der Waals surface area contributed by atoms with Gasteiger partial charge in [0.15, 0.2) is 11.6 Å². The molecule has 0 fully saturated rings. The predicted octanol–water partition coefficient (Wildman–Crippen LogP) is 3.93. The lowest BCUT2D eigenvalue weighted by Crippen LogP contribution is -2.15. The zero-order chi connectivity index (χ0) is 19.4. The molecule has 0 aliphatic rings. The summed E-state index contributed by atoms with van der Waals surface area (Å²) in [6.45, 7) is 1.61. The minimum Gasteiger partial charge on any atom is -0.340 e. The fraction of sp³-hybridized carbons (Fsp3) is 0.0526. The van der Waals surface area contributed by atoms with E-state index in [0.717, 1.165) is 12.1 Å². The highest BCUT2D eigenvalue weighted by Gasteiger charge is 2.12. The number of halogens is 2. The summed E-state index contributed by atoms with van der Waals surface area (Å²) in [5.74, 6) is -1.84. The molecule has 2 N–H and O–H groups in total. The van der Waals surface area contributed by atoms with Crippen molar-refractivity contribution in [3.63, 3.8) is 0 Å². The van der Waals surface area contributed by atoms with Crippen molar-refractivity contribution in [2.45, 2.75) is 6.92 Å². The lowest BCUT2D eigenvalue weighted by Gasteiger charge is -2.09. The first-order valence-electron chi connectivity index (χ1n) is 7.84. The Labute approximate surface area is 153 Å². The Kier molecular flexibility index (Phi) is 5.04. The largest absolute Gasteiger partial charge is 0.340 e. The number of nitrogens with zero attached hydrogens (tertiary/aromatic N) is 3. The molecule has 1 aromatic heterocycles. The number of hydrogen-bond acceptors (Lipinski definition) is 5. The first-order valence-corrected chi connectivity index (χ1v) is 7.84. The maximum atomic E-state index is 13.3. The van der Waals surface area contributed by atoms with Crippen molar-refractivity contribution in [1.82, 2.24) is 9.97 Å². The summed E-state index contributed by atoms with van der Waals surface area (Å²) >= 11 is 0. The highest BCUT2D eigenvalue weighted by Crippen LogP contribution is 2.19. The van der Waals surface area contributed by atoms with Crippen molar-refractivity contribution in [2.75, 3.05) is 10.6 Å². The quantitative estimate of drug-likeness (QED) is 0.731. The smallest absolute Gasteiger partial charge is 0.274 e. The zero-order valence-electron chi connectivity index (χ0n) is 14.1. The van der Waals surface area contributed by atoms with Crippen LogP contribution < -0.4 is 10.6 Å². The molecule has 0 aliphatic heterocycles. The van der Waals surface area contributed by atoms with E-state index in [0.29, 0.717) is 17.1 Å². The monoisotopic (exact) mass is 365 g/mol. The van der Waals surface area contributed by atoms with E-state index in [1.807, 2.05) is 6.07 Å². The van der Waals surface area contributed by atoms with Gasteiger partial charge in [-0.15, -0.1) is 0 Å². The number of benzene rings is 2. The topological polar surface area (TPSA) is 90.7 Å². The van der Waals surface area contributed by atoms with Crippen LogP contribution in [0, 0.1) is 29.9 Å². The summed E-state index contributed by atoms with van der Waals surface area (Å²) in [5, 5.41) is 14.3. The van der Waals surface area contributed by atoms with Crippen molar-refractivity contribution >= 4 is 23.1 Å². The molecule has 1 amide bonds. The first kappa shape index (κ1) is 17.9. The van der Waals surface area contributed by atoms with Crippen molar-refractivity contribution in [1.29, 1.82) is 5.26 Å². The van der Waals surface area contributed by atoms with Crippen LogP contribution in [0.3, 0.4) is 0 Å². The van der Waals surface area contributed by atoms with Gasteiger partial charge < -0.3 is 10.6 Å². The van der Waals surface area contributed by atoms with E-state index in [9.17, 15) is 13.6 Å². The van der Waals surface area contributed by atoms with Gasteiger partial charge in [0.25, 0.3) is 5.91 Å². The average molecular weight is 365 g/mol. The number of aryl methyl sites for hydroxylation is 1. The van der Waals surface area contributed by atoms with E-state index < -0.39 is 17.5 Å². The summed E-state index contributed by atoms with van der Waals surface area (Å²) in [4.78, 5) is 20.6. The Bertz CT molecular complexity index is 1040. The van der Waals surface area contributed by atoms with Gasteiger partial charge in [0.1, 0.15) is 17.3 Å². The molecular weight excluding hydrogens is 352 g/mol. The van der Waals surface area contributed by atoms with Gasteiger partial charge in [0, 0.05) is 23.5 Å². The predicted molar refractivity (Wildman–Crippen MR) is 95.5 cm³/mol. The normalized spacial score (nSPS) is 10.1. The van der Waals surface area contributed by atoms with E-state index in [4.69, 9.17) is 5.26 Å². The molecule has 1 heterocycles. The van der Waals surface area contributed by atoms with Crippen LogP contribution in [0.1, 0.15) is 21.9 Å². The third kappa shape index (κ3) is 4.41. The standard InChI is InChI=1S/C19H13F2N5O/c1-11-23-17(19(27)26-13-4-2-12(10-22)3-5-13)9-18(24-11)25-14-6-7-15(20)16(21)8-14/h2-9H,1H3,(H,26,27)(H,23,24,25). The van der Waals surface area contributed by atoms with Crippen LogP contribution in [-0.4, -0.2) is 15.9 Å². The molecule has 3 rings (SSSR count). The molecule has 0 spiro atoms. The van der Waals surface area contributed by atoms with E-state index >= 15 is 0 Å². The van der Waals surface area contributed by atoms with Gasteiger partial charge in [-0.2, -0.15) is 5.26 Å². The van der Waals surface area contributed by atoms with Crippen LogP contribution in [0.4, 0.5) is 26.0 Å². The van der Waals surface area contributed by atoms with E-state index in [1.165, 1.54) is 12.1 Å². The maximum Gasteiger partial charge on any atom is 0.274 e. The lowest BCUT2D eigenvalue weighted by atomic mass is 10.2. The summed E-state index contributed by atoms with van der Waals surface area (Å²) in [6, 6.07) is 13.1. The fourth-order valence-corrected chi connectivity index (χ4v) is 2.29. The molecule has 0 radical (unpaired) electrons. The number of aromatic nitrogens is 2. The molecule has 0 aliphatic carbocycles. The Morgan fingerprint density at radius 3 is 2.37 bits per heavy atom. The lowest BCUT2D eigenvalue weighted by molar-refractivity contribution is 0.102. The van der Waals surface area contributed by atoms with E-state index in [-0.39, 0.29) is 17.2 Å². The molecule has 0 saturated heterocycles. The SMILES string of the molecule is Cc1nc(Nc2ccc(F)c(F)c2)cc(C(=O)Nc2ccc(C#N)cc2)n1. The second-order valence-electron chi connectivity index (χ2n) is 5.58. The van der Waals surface area contributed by atoms with Crippen LogP contribution in [0.15, 0.2) is 48.5 Å². The third-order valence-corrected chi connectivity index (χ3v) is 3.53. The van der Waals surface area contributed by atoms with E-state index in [2.05, 4.69) is 20.6 Å². The van der Waals surface area contributed by atoms with Gasteiger partial charge in [-0.1, -0.05) is 0 Å². The van der Waals surface area contributed by atoms with Gasteiger partial charge >= 0.3 is 0 Å². The number of anilines is 3. The molecule has 2 aromatic carbocycles. The van der Waals surface area contributed by atoms with Crippen molar-refractivity contribution in [3.05, 3.63) is 77.2 Å². The van der Waals surface area contributed by atoms with Gasteiger partial charge in [0.2, 0.25) is 0 Å². The highest BCUT2D eigenvalue weighted by molar-refractivity contribution is 6.03. The van der Waals surface area contributed by atoms with Crippen LogP contribution in [0.2, 0.25) is 0 Å². The second-order valence-corrected chi connectivity index (χ2v) is 5.58. The minimum atomic E-state index is -0.996. The first-order chi connectivity index (χ1) is 12.9. The molecule has 0 bridgehead atoms. The number of amides is 1. The van der Waals surface area contributed by atoms with E-state index in [1.54, 1.807) is 31.2 Å². The van der Waals surface area contributed by atoms with Crippen LogP contribution in [0.25, 0.3) is 0 Å². The van der Waals surface area contributed by atoms with Gasteiger partial charge in [-0.25, -0.2) is 18.7 Å². The minimum absolute atomic E-state index is 0.0944. The van der Waals surface area contributed by atoms with Crippen LogP contribution in [-0.2, 0) is 0 Å². The molecule has 0 unspecified atom stereocenters. The Morgan fingerprint density at radius 1 is 1.00 bits per heavy atom. The molecule has 3 aromatic rings. The van der Waals surface area contributed by atoms with Gasteiger partial charge in [-0.3, -0.25) is 4.79 Å². The zero-order valence-corrected chi connectivity index (χ0v) is 14.1. The highest BCUT2D eigenvalue weighted by atomic mass is 19.2. The Balaban J connectivity index is 1.80. The van der Waals surface area contributed by atoms with Crippen molar-refractivity contribution in [3.8, 4) is 6.07 Å². The molecule has 0 saturated carbocycles.